The Morgan fingerprint density at radius 1 is 1.00 bits per heavy atom. The second-order valence-electron chi connectivity index (χ2n) is 5.34. The van der Waals surface area contributed by atoms with E-state index in [2.05, 4.69) is 44.2 Å². The van der Waals surface area contributed by atoms with Crippen LogP contribution >= 0.6 is 0 Å². The third-order valence-corrected chi connectivity index (χ3v) is 3.85. The van der Waals surface area contributed by atoms with Crippen LogP contribution in [0.3, 0.4) is 0 Å². The molecule has 2 heteroatoms. The van der Waals surface area contributed by atoms with Gasteiger partial charge in [0.25, 0.3) is 0 Å². The lowest BCUT2D eigenvalue weighted by atomic mass is 9.86. The topological polar surface area (TPSA) is 18.5 Å². The Balaban J connectivity index is 2.34. The predicted molar refractivity (Wildman–Crippen MR) is 80.1 cm³/mol. The normalized spacial score (nSPS) is 16.0. The van der Waals surface area contributed by atoms with Gasteiger partial charge in [0.2, 0.25) is 0 Å². The first-order chi connectivity index (χ1) is 9.17. The molecular weight excluding hydrogens is 236 g/mol. The van der Waals surface area contributed by atoms with E-state index in [1.54, 1.807) is 7.11 Å². The third kappa shape index (κ3) is 6.22. The molecule has 1 aromatic rings. The Morgan fingerprint density at radius 3 is 2.26 bits per heavy atom. The van der Waals surface area contributed by atoms with Gasteiger partial charge in [0.1, 0.15) is 0 Å². The van der Waals surface area contributed by atoms with Gasteiger partial charge in [-0.25, -0.2) is 0 Å². The van der Waals surface area contributed by atoms with Crippen LogP contribution < -0.4 is 0 Å². The first kappa shape index (κ1) is 16.2. The highest BCUT2D eigenvalue weighted by Gasteiger charge is 2.15. The summed E-state index contributed by atoms with van der Waals surface area (Å²) < 4.78 is 10.8. The lowest BCUT2D eigenvalue weighted by molar-refractivity contribution is -0.126. The van der Waals surface area contributed by atoms with Crippen LogP contribution in [-0.2, 0) is 15.9 Å². The maximum absolute atomic E-state index is 5.52. The van der Waals surface area contributed by atoms with Crippen LogP contribution in [0.25, 0.3) is 0 Å². The van der Waals surface area contributed by atoms with Crippen LogP contribution in [0.2, 0.25) is 0 Å². The molecule has 2 nitrogen and oxygen atoms in total. The average molecular weight is 264 g/mol. The highest BCUT2D eigenvalue weighted by molar-refractivity contribution is 5.15. The Kier molecular flexibility index (Phi) is 7.76. The zero-order chi connectivity index (χ0) is 14.1. The molecule has 0 radical (unpaired) electrons. The molecule has 1 aromatic carbocycles. The molecule has 0 heterocycles. The molecule has 1 unspecified atom stereocenters. The monoisotopic (exact) mass is 264 g/mol. The predicted octanol–water partition coefficient (Wildman–Crippen LogP) is 4.29. The Morgan fingerprint density at radius 2 is 1.68 bits per heavy atom. The van der Waals surface area contributed by atoms with Crippen LogP contribution in [-0.4, -0.2) is 20.0 Å². The van der Waals surface area contributed by atoms with Crippen molar-refractivity contribution in [2.75, 3.05) is 13.7 Å². The van der Waals surface area contributed by atoms with Crippen LogP contribution in [0.15, 0.2) is 30.3 Å². The summed E-state index contributed by atoms with van der Waals surface area (Å²) in [7, 11) is 1.72. The summed E-state index contributed by atoms with van der Waals surface area (Å²) in [5.41, 5.74) is 1.43. The minimum atomic E-state index is -0.0450. The molecule has 0 saturated heterocycles. The Bertz CT molecular complexity index is 323. The highest BCUT2D eigenvalue weighted by atomic mass is 16.7. The number of benzene rings is 1. The van der Waals surface area contributed by atoms with Gasteiger partial charge in [0, 0.05) is 13.7 Å². The molecule has 19 heavy (non-hydrogen) atoms. The fourth-order valence-electron chi connectivity index (χ4n) is 2.33. The van der Waals surface area contributed by atoms with Crippen molar-refractivity contribution < 1.29 is 9.47 Å². The molecule has 0 spiro atoms. The summed E-state index contributed by atoms with van der Waals surface area (Å²) in [5.74, 6) is 1.36. The smallest absolute Gasteiger partial charge is 0.157 e. The maximum atomic E-state index is 5.52. The third-order valence-electron chi connectivity index (χ3n) is 3.85. The van der Waals surface area contributed by atoms with Gasteiger partial charge in [-0.05, 0) is 43.6 Å². The number of hydrogen-bond acceptors (Lipinski definition) is 2. The summed E-state index contributed by atoms with van der Waals surface area (Å²) in [6.45, 7) is 7.38. The van der Waals surface area contributed by atoms with Crippen molar-refractivity contribution in [2.45, 2.75) is 46.3 Å². The van der Waals surface area contributed by atoms with Crippen LogP contribution in [0, 0.1) is 11.8 Å². The summed E-state index contributed by atoms with van der Waals surface area (Å²) in [6.07, 6.45) is 3.22. The molecule has 0 aliphatic rings. The van der Waals surface area contributed by atoms with Crippen LogP contribution in [0.4, 0.5) is 0 Å². The molecule has 3 atom stereocenters. The van der Waals surface area contributed by atoms with Crippen LogP contribution in [0.5, 0.6) is 0 Å². The highest BCUT2D eigenvalue weighted by Crippen LogP contribution is 2.22. The first-order valence-electron chi connectivity index (χ1n) is 7.35. The fourth-order valence-corrected chi connectivity index (χ4v) is 2.33. The number of ether oxygens (including phenoxy) is 2. The summed E-state index contributed by atoms with van der Waals surface area (Å²) >= 11 is 0. The molecule has 0 saturated carbocycles. The van der Waals surface area contributed by atoms with Crippen molar-refractivity contribution in [3.05, 3.63) is 35.9 Å². The minimum absolute atomic E-state index is 0.0450. The molecule has 0 aliphatic carbocycles. The molecule has 0 aliphatic heterocycles. The van der Waals surface area contributed by atoms with E-state index in [9.17, 15) is 0 Å². The van der Waals surface area contributed by atoms with E-state index < -0.39 is 0 Å². The van der Waals surface area contributed by atoms with Gasteiger partial charge >= 0.3 is 0 Å². The lowest BCUT2D eigenvalue weighted by Crippen LogP contribution is -2.19. The van der Waals surface area contributed by atoms with E-state index in [4.69, 9.17) is 9.47 Å². The second-order valence-corrected chi connectivity index (χ2v) is 5.34. The quantitative estimate of drug-likeness (QED) is 0.619. The van der Waals surface area contributed by atoms with Gasteiger partial charge < -0.3 is 9.47 Å². The average Bonchev–Trinajstić information content (AvgIpc) is 2.44. The fraction of sp³-hybridized carbons (Fsp3) is 0.647. The molecule has 0 bridgehead atoms. The summed E-state index contributed by atoms with van der Waals surface area (Å²) in [4.78, 5) is 0. The van der Waals surface area contributed by atoms with E-state index in [0.29, 0.717) is 18.4 Å². The van der Waals surface area contributed by atoms with E-state index in [-0.39, 0.29) is 6.29 Å². The Labute approximate surface area is 118 Å². The molecule has 0 amide bonds. The van der Waals surface area contributed by atoms with Gasteiger partial charge in [-0.1, -0.05) is 44.2 Å². The molecule has 0 aromatic heterocycles. The molecule has 0 N–H and O–H groups in total. The number of hydrogen-bond donors (Lipinski definition) is 0. The second kappa shape index (κ2) is 9.11. The number of rotatable bonds is 9. The van der Waals surface area contributed by atoms with Crippen molar-refractivity contribution >= 4 is 0 Å². The van der Waals surface area contributed by atoms with Crippen molar-refractivity contribution in [1.82, 2.24) is 0 Å². The van der Waals surface area contributed by atoms with Crippen molar-refractivity contribution in [3.63, 3.8) is 0 Å². The Hall–Kier alpha value is -0.860. The van der Waals surface area contributed by atoms with Crippen molar-refractivity contribution in [1.29, 1.82) is 0 Å². The van der Waals surface area contributed by atoms with E-state index >= 15 is 0 Å². The lowest BCUT2D eigenvalue weighted by Gasteiger charge is -2.22. The molecule has 108 valence electrons. The van der Waals surface area contributed by atoms with Crippen molar-refractivity contribution in [2.24, 2.45) is 11.8 Å². The van der Waals surface area contributed by atoms with Crippen LogP contribution in [0.1, 0.15) is 39.2 Å². The van der Waals surface area contributed by atoms with E-state index in [0.717, 1.165) is 19.3 Å². The summed E-state index contributed by atoms with van der Waals surface area (Å²) in [6, 6.07) is 10.7. The zero-order valence-corrected chi connectivity index (χ0v) is 12.8. The SMILES string of the molecule is CCOC(CC[C@H](C)[C@@H](C)Cc1ccccc1)OC. The van der Waals surface area contributed by atoms with Gasteiger partial charge in [0.05, 0.1) is 0 Å². The molecular formula is C17H28O2. The minimum Gasteiger partial charge on any atom is -0.356 e. The largest absolute Gasteiger partial charge is 0.356 e. The molecule has 1 rings (SSSR count). The standard InChI is InChI=1S/C17H28O2/c1-5-19-17(18-4)12-11-14(2)15(3)13-16-9-7-6-8-10-16/h6-10,14-15,17H,5,11-13H2,1-4H3/t14-,15-,17?/m0/s1. The summed E-state index contributed by atoms with van der Waals surface area (Å²) in [5, 5.41) is 0. The van der Waals surface area contributed by atoms with E-state index in [1.165, 1.54) is 5.56 Å². The van der Waals surface area contributed by atoms with Gasteiger partial charge in [-0.15, -0.1) is 0 Å². The number of methoxy groups -OCH3 is 1. The van der Waals surface area contributed by atoms with Gasteiger partial charge in [-0.2, -0.15) is 0 Å². The van der Waals surface area contributed by atoms with Gasteiger partial charge in [0.15, 0.2) is 6.29 Å². The maximum Gasteiger partial charge on any atom is 0.157 e. The van der Waals surface area contributed by atoms with Crippen molar-refractivity contribution in [3.8, 4) is 0 Å². The zero-order valence-electron chi connectivity index (χ0n) is 12.8. The van der Waals surface area contributed by atoms with Gasteiger partial charge in [-0.3, -0.25) is 0 Å². The molecule has 0 fully saturated rings. The van der Waals surface area contributed by atoms with E-state index in [1.807, 2.05) is 6.92 Å². The first-order valence-corrected chi connectivity index (χ1v) is 7.35.